The third kappa shape index (κ3) is 1.01. The second kappa shape index (κ2) is 2.70. The SMILES string of the molecule is c1ncc(-c2ccc3cnoc3c2)[nH]1. The van der Waals surface area contributed by atoms with Gasteiger partial charge in [0.1, 0.15) is 0 Å². The van der Waals surface area contributed by atoms with Crippen LogP contribution in [0.1, 0.15) is 0 Å². The molecule has 68 valence electrons. The molecule has 0 amide bonds. The Labute approximate surface area is 79.6 Å². The fraction of sp³-hybridized carbons (Fsp3) is 0. The zero-order chi connectivity index (χ0) is 9.38. The molecule has 0 aliphatic carbocycles. The van der Waals surface area contributed by atoms with Gasteiger partial charge in [-0.1, -0.05) is 11.2 Å². The van der Waals surface area contributed by atoms with Gasteiger partial charge in [-0.3, -0.25) is 0 Å². The van der Waals surface area contributed by atoms with Gasteiger partial charge in [0.2, 0.25) is 0 Å². The van der Waals surface area contributed by atoms with E-state index in [0.717, 1.165) is 22.2 Å². The lowest BCUT2D eigenvalue weighted by atomic mass is 10.1. The predicted molar refractivity (Wildman–Crippen MR) is 51.6 cm³/mol. The number of imidazole rings is 1. The Morgan fingerprint density at radius 2 is 2.21 bits per heavy atom. The van der Waals surface area contributed by atoms with E-state index in [9.17, 15) is 0 Å². The molecule has 4 nitrogen and oxygen atoms in total. The minimum Gasteiger partial charge on any atom is -0.356 e. The molecule has 0 aliphatic heterocycles. The molecule has 0 fully saturated rings. The fourth-order valence-electron chi connectivity index (χ4n) is 1.44. The Kier molecular flexibility index (Phi) is 1.41. The van der Waals surface area contributed by atoms with Crippen LogP contribution < -0.4 is 0 Å². The Morgan fingerprint density at radius 3 is 3.07 bits per heavy atom. The molecule has 0 saturated heterocycles. The van der Waals surface area contributed by atoms with Crippen molar-refractivity contribution < 1.29 is 4.52 Å². The van der Waals surface area contributed by atoms with Crippen LogP contribution in [-0.4, -0.2) is 15.1 Å². The van der Waals surface area contributed by atoms with Crippen LogP contribution in [0, 0.1) is 0 Å². The molecule has 0 saturated carbocycles. The van der Waals surface area contributed by atoms with Crippen molar-refractivity contribution in [3.63, 3.8) is 0 Å². The third-order valence-electron chi connectivity index (χ3n) is 2.17. The molecule has 2 aromatic heterocycles. The van der Waals surface area contributed by atoms with Crippen LogP contribution in [0.4, 0.5) is 0 Å². The first-order chi connectivity index (χ1) is 6.93. The van der Waals surface area contributed by atoms with Gasteiger partial charge in [-0.05, 0) is 12.1 Å². The summed E-state index contributed by atoms with van der Waals surface area (Å²) in [7, 11) is 0. The molecular formula is C10H7N3O. The number of nitrogens with one attached hydrogen (secondary N) is 1. The molecule has 0 spiro atoms. The highest BCUT2D eigenvalue weighted by Gasteiger charge is 2.02. The van der Waals surface area contributed by atoms with Crippen LogP contribution in [0.2, 0.25) is 0 Å². The molecule has 0 radical (unpaired) electrons. The lowest BCUT2D eigenvalue weighted by Crippen LogP contribution is -1.75. The fourth-order valence-corrected chi connectivity index (χ4v) is 1.44. The topological polar surface area (TPSA) is 54.7 Å². The summed E-state index contributed by atoms with van der Waals surface area (Å²) in [6, 6.07) is 5.92. The van der Waals surface area contributed by atoms with Crippen LogP contribution in [0.25, 0.3) is 22.2 Å². The summed E-state index contributed by atoms with van der Waals surface area (Å²) >= 11 is 0. The lowest BCUT2D eigenvalue weighted by Gasteiger charge is -1.95. The highest BCUT2D eigenvalue weighted by molar-refractivity contribution is 5.81. The Balaban J connectivity index is 2.23. The molecule has 3 aromatic rings. The zero-order valence-corrected chi connectivity index (χ0v) is 7.27. The smallest absolute Gasteiger partial charge is 0.167 e. The second-order valence-electron chi connectivity index (χ2n) is 3.04. The Hall–Kier alpha value is -2.10. The summed E-state index contributed by atoms with van der Waals surface area (Å²) in [5.41, 5.74) is 2.81. The van der Waals surface area contributed by atoms with E-state index in [2.05, 4.69) is 15.1 Å². The van der Waals surface area contributed by atoms with E-state index in [0.29, 0.717) is 0 Å². The maximum atomic E-state index is 5.07. The number of H-pyrrole nitrogens is 1. The van der Waals surface area contributed by atoms with E-state index in [1.165, 1.54) is 0 Å². The largest absolute Gasteiger partial charge is 0.356 e. The van der Waals surface area contributed by atoms with Gasteiger partial charge >= 0.3 is 0 Å². The van der Waals surface area contributed by atoms with Gasteiger partial charge in [-0.2, -0.15) is 0 Å². The summed E-state index contributed by atoms with van der Waals surface area (Å²) < 4.78 is 5.07. The average Bonchev–Trinajstić information content (AvgIpc) is 2.88. The van der Waals surface area contributed by atoms with Gasteiger partial charge in [0.05, 0.1) is 24.4 Å². The lowest BCUT2D eigenvalue weighted by molar-refractivity contribution is 0.456. The van der Waals surface area contributed by atoms with E-state index in [4.69, 9.17) is 4.52 Å². The first kappa shape index (κ1) is 7.32. The van der Waals surface area contributed by atoms with E-state index >= 15 is 0 Å². The van der Waals surface area contributed by atoms with Crippen LogP contribution in [0.15, 0.2) is 41.4 Å². The van der Waals surface area contributed by atoms with E-state index in [1.807, 2.05) is 18.2 Å². The van der Waals surface area contributed by atoms with E-state index < -0.39 is 0 Å². The monoisotopic (exact) mass is 185 g/mol. The molecule has 0 atom stereocenters. The van der Waals surface area contributed by atoms with Gasteiger partial charge in [0.15, 0.2) is 5.58 Å². The maximum absolute atomic E-state index is 5.07. The molecule has 3 rings (SSSR count). The van der Waals surface area contributed by atoms with Gasteiger partial charge in [0.25, 0.3) is 0 Å². The molecule has 1 N–H and O–H groups in total. The highest BCUT2D eigenvalue weighted by atomic mass is 16.5. The van der Waals surface area contributed by atoms with Crippen molar-refractivity contribution in [2.24, 2.45) is 0 Å². The summed E-state index contributed by atoms with van der Waals surface area (Å²) in [6.45, 7) is 0. The van der Waals surface area contributed by atoms with Crippen LogP contribution in [-0.2, 0) is 0 Å². The molecule has 1 aromatic carbocycles. The molecule has 0 unspecified atom stereocenters. The van der Waals surface area contributed by atoms with E-state index in [-0.39, 0.29) is 0 Å². The number of benzene rings is 1. The van der Waals surface area contributed by atoms with Crippen molar-refractivity contribution >= 4 is 11.0 Å². The first-order valence-electron chi connectivity index (χ1n) is 4.27. The quantitative estimate of drug-likeness (QED) is 0.632. The van der Waals surface area contributed by atoms with Gasteiger partial charge < -0.3 is 9.51 Å². The summed E-state index contributed by atoms with van der Waals surface area (Å²) in [5.74, 6) is 0. The van der Waals surface area contributed by atoms with Crippen molar-refractivity contribution in [3.05, 3.63) is 36.9 Å². The average molecular weight is 185 g/mol. The number of fused-ring (bicyclic) bond motifs is 1. The van der Waals surface area contributed by atoms with Crippen molar-refractivity contribution in [1.29, 1.82) is 0 Å². The Morgan fingerprint density at radius 1 is 1.21 bits per heavy atom. The maximum Gasteiger partial charge on any atom is 0.167 e. The number of aromatic amines is 1. The second-order valence-corrected chi connectivity index (χ2v) is 3.04. The first-order valence-corrected chi connectivity index (χ1v) is 4.27. The molecule has 0 aliphatic rings. The Bertz CT molecular complexity index is 554. The molecule has 0 bridgehead atoms. The summed E-state index contributed by atoms with van der Waals surface area (Å²) in [5, 5.41) is 4.73. The third-order valence-corrected chi connectivity index (χ3v) is 2.17. The highest BCUT2D eigenvalue weighted by Crippen LogP contribution is 2.21. The number of rotatable bonds is 1. The predicted octanol–water partition coefficient (Wildman–Crippen LogP) is 2.22. The van der Waals surface area contributed by atoms with Crippen LogP contribution in [0.3, 0.4) is 0 Å². The summed E-state index contributed by atoms with van der Waals surface area (Å²) in [4.78, 5) is 7.00. The van der Waals surface area contributed by atoms with Crippen LogP contribution in [0.5, 0.6) is 0 Å². The van der Waals surface area contributed by atoms with Crippen LogP contribution >= 0.6 is 0 Å². The van der Waals surface area contributed by atoms with Crippen molar-refractivity contribution in [2.75, 3.05) is 0 Å². The molecular weight excluding hydrogens is 178 g/mol. The van der Waals surface area contributed by atoms with Gasteiger partial charge in [0, 0.05) is 10.9 Å². The number of nitrogens with zero attached hydrogens (tertiary/aromatic N) is 2. The summed E-state index contributed by atoms with van der Waals surface area (Å²) in [6.07, 6.45) is 5.13. The van der Waals surface area contributed by atoms with Crippen molar-refractivity contribution in [2.45, 2.75) is 0 Å². The van der Waals surface area contributed by atoms with Crippen molar-refractivity contribution in [1.82, 2.24) is 15.1 Å². The van der Waals surface area contributed by atoms with Gasteiger partial charge in [-0.25, -0.2) is 4.98 Å². The molecule has 14 heavy (non-hydrogen) atoms. The zero-order valence-electron chi connectivity index (χ0n) is 7.27. The van der Waals surface area contributed by atoms with Crippen molar-refractivity contribution in [3.8, 4) is 11.3 Å². The standard InChI is InChI=1S/C10H7N3O/c1-2-8-4-13-14-10(8)3-7(1)9-5-11-6-12-9/h1-6H,(H,11,12). The van der Waals surface area contributed by atoms with Gasteiger partial charge in [-0.15, -0.1) is 0 Å². The number of hydrogen-bond donors (Lipinski definition) is 1. The molecule has 4 heteroatoms. The van der Waals surface area contributed by atoms with E-state index in [1.54, 1.807) is 18.7 Å². The molecule has 2 heterocycles. The number of aromatic nitrogens is 3. The number of hydrogen-bond acceptors (Lipinski definition) is 3. The minimum absolute atomic E-state index is 0.789. The normalized spacial score (nSPS) is 10.9. The minimum atomic E-state index is 0.789.